The van der Waals surface area contributed by atoms with Crippen molar-refractivity contribution in [2.24, 2.45) is 4.99 Å². The zero-order valence-electron chi connectivity index (χ0n) is 10.8. The van der Waals surface area contributed by atoms with E-state index in [0.29, 0.717) is 6.54 Å². The van der Waals surface area contributed by atoms with Crippen LogP contribution in [-0.4, -0.2) is 43.7 Å². The maximum absolute atomic E-state index is 12.0. The second kappa shape index (κ2) is 7.20. The van der Waals surface area contributed by atoms with Crippen LogP contribution in [0.1, 0.15) is 26.2 Å². The van der Waals surface area contributed by atoms with Gasteiger partial charge in [-0.2, -0.15) is 13.2 Å². The maximum Gasteiger partial charge on any atom is 0.390 e. The van der Waals surface area contributed by atoms with Crippen LogP contribution in [0.5, 0.6) is 0 Å². The van der Waals surface area contributed by atoms with Gasteiger partial charge in [0.15, 0.2) is 5.96 Å². The molecule has 1 aliphatic rings. The smallest absolute Gasteiger partial charge is 0.357 e. The van der Waals surface area contributed by atoms with Gasteiger partial charge in [0.05, 0.1) is 6.42 Å². The van der Waals surface area contributed by atoms with E-state index in [1.807, 2.05) is 0 Å². The minimum Gasteiger partial charge on any atom is -0.357 e. The summed E-state index contributed by atoms with van der Waals surface area (Å²) < 4.78 is 36.0. The molecule has 0 spiro atoms. The lowest BCUT2D eigenvalue weighted by molar-refractivity contribution is -0.132. The first-order valence-corrected chi connectivity index (χ1v) is 6.29. The van der Waals surface area contributed by atoms with E-state index in [9.17, 15) is 18.0 Å². The zero-order valence-corrected chi connectivity index (χ0v) is 10.8. The Morgan fingerprint density at radius 1 is 1.32 bits per heavy atom. The lowest BCUT2D eigenvalue weighted by atomic mass is 10.4. The minimum absolute atomic E-state index is 0.0855. The summed E-state index contributed by atoms with van der Waals surface area (Å²) in [6.45, 7) is 1.96. The number of hydrogen-bond acceptors (Lipinski definition) is 2. The molecule has 0 aromatic rings. The Hall–Kier alpha value is -1.47. The van der Waals surface area contributed by atoms with Crippen molar-refractivity contribution in [1.29, 1.82) is 0 Å². The predicted octanol–water partition coefficient (Wildman–Crippen LogP) is 0.772. The van der Waals surface area contributed by atoms with Crippen molar-refractivity contribution < 1.29 is 18.0 Å². The summed E-state index contributed by atoms with van der Waals surface area (Å²) >= 11 is 0. The summed E-state index contributed by atoms with van der Waals surface area (Å²) in [5, 5.41) is 8.08. The van der Waals surface area contributed by atoms with Crippen LogP contribution in [0.25, 0.3) is 0 Å². The van der Waals surface area contributed by atoms with E-state index in [1.165, 1.54) is 0 Å². The summed E-state index contributed by atoms with van der Waals surface area (Å²) in [5.74, 6) is 0.00761. The van der Waals surface area contributed by atoms with Crippen molar-refractivity contribution in [3.05, 3.63) is 0 Å². The first-order valence-electron chi connectivity index (χ1n) is 6.29. The fourth-order valence-corrected chi connectivity index (χ4v) is 1.32. The third-order valence-electron chi connectivity index (χ3n) is 2.37. The molecule has 19 heavy (non-hydrogen) atoms. The molecule has 0 radical (unpaired) electrons. The second-order valence-corrected chi connectivity index (χ2v) is 4.33. The number of hydrogen-bond donors (Lipinski definition) is 3. The largest absolute Gasteiger partial charge is 0.390 e. The molecular formula is C11H19F3N4O. The molecule has 0 aromatic carbocycles. The highest BCUT2D eigenvalue weighted by molar-refractivity contribution is 5.85. The highest BCUT2D eigenvalue weighted by Crippen LogP contribution is 2.18. The number of nitrogens with one attached hydrogen (secondary N) is 3. The number of alkyl halides is 3. The second-order valence-electron chi connectivity index (χ2n) is 4.33. The summed E-state index contributed by atoms with van der Waals surface area (Å²) in [7, 11) is 0. The molecule has 110 valence electrons. The van der Waals surface area contributed by atoms with Crippen LogP contribution >= 0.6 is 0 Å². The van der Waals surface area contributed by atoms with Gasteiger partial charge in [-0.3, -0.25) is 4.79 Å². The van der Waals surface area contributed by atoms with E-state index in [4.69, 9.17) is 0 Å². The Morgan fingerprint density at radius 3 is 2.53 bits per heavy atom. The van der Waals surface area contributed by atoms with E-state index < -0.39 is 12.6 Å². The van der Waals surface area contributed by atoms with Crippen molar-refractivity contribution in [3.8, 4) is 0 Å². The van der Waals surface area contributed by atoms with Crippen molar-refractivity contribution in [2.45, 2.75) is 38.4 Å². The molecule has 5 nitrogen and oxygen atoms in total. The number of aliphatic imine (C=N–C) groups is 1. The number of amides is 1. The highest BCUT2D eigenvalue weighted by atomic mass is 19.4. The summed E-state index contributed by atoms with van der Waals surface area (Å²) in [6, 6.07) is 0.253. The van der Waals surface area contributed by atoms with Gasteiger partial charge in [0.25, 0.3) is 0 Å². The SMILES string of the molecule is CCNC(=NCC(=O)NC1CC1)NCCC(F)(F)F. The van der Waals surface area contributed by atoms with Gasteiger partial charge in [-0.25, -0.2) is 4.99 Å². The number of nitrogens with zero attached hydrogens (tertiary/aromatic N) is 1. The number of carbonyl (C=O) groups is 1. The van der Waals surface area contributed by atoms with Gasteiger partial charge in [0.1, 0.15) is 6.54 Å². The van der Waals surface area contributed by atoms with Crippen LogP contribution in [0, 0.1) is 0 Å². The van der Waals surface area contributed by atoms with Crippen molar-refractivity contribution in [2.75, 3.05) is 19.6 Å². The zero-order chi connectivity index (χ0) is 14.3. The lowest BCUT2D eigenvalue weighted by Gasteiger charge is -2.12. The maximum atomic E-state index is 12.0. The molecule has 0 unspecified atom stereocenters. The van der Waals surface area contributed by atoms with Crippen LogP contribution < -0.4 is 16.0 Å². The van der Waals surface area contributed by atoms with Crippen LogP contribution in [0.4, 0.5) is 13.2 Å². The normalized spacial score (nSPS) is 16.1. The Bertz CT molecular complexity index is 326. The first kappa shape index (κ1) is 15.6. The lowest BCUT2D eigenvalue weighted by Crippen LogP contribution is -2.40. The molecular weight excluding hydrogens is 261 g/mol. The molecule has 1 rings (SSSR count). The van der Waals surface area contributed by atoms with Gasteiger partial charge in [-0.1, -0.05) is 0 Å². The fraction of sp³-hybridized carbons (Fsp3) is 0.818. The van der Waals surface area contributed by atoms with Gasteiger partial charge in [-0.15, -0.1) is 0 Å². The third-order valence-corrected chi connectivity index (χ3v) is 2.37. The van der Waals surface area contributed by atoms with E-state index >= 15 is 0 Å². The molecule has 1 saturated carbocycles. The number of carbonyl (C=O) groups excluding carboxylic acids is 1. The Labute approximate surface area is 110 Å². The molecule has 0 aromatic heterocycles. The molecule has 3 N–H and O–H groups in total. The van der Waals surface area contributed by atoms with Gasteiger partial charge in [0, 0.05) is 19.1 Å². The standard InChI is InChI=1S/C11H19F3N4O/c1-2-15-10(16-6-5-11(12,13)14)17-7-9(19)18-8-3-4-8/h8H,2-7H2,1H3,(H,18,19)(H2,15,16,17). The summed E-state index contributed by atoms with van der Waals surface area (Å²) in [5.41, 5.74) is 0. The van der Waals surface area contributed by atoms with Crippen LogP contribution in [0.2, 0.25) is 0 Å². The van der Waals surface area contributed by atoms with Crippen LogP contribution in [-0.2, 0) is 4.79 Å². The summed E-state index contributed by atoms with van der Waals surface area (Å²) in [4.78, 5) is 15.3. The molecule has 8 heteroatoms. The Morgan fingerprint density at radius 2 is 2.00 bits per heavy atom. The molecule has 0 heterocycles. The number of rotatable bonds is 6. The number of guanidine groups is 1. The number of halogens is 3. The predicted molar refractivity (Wildman–Crippen MR) is 65.8 cm³/mol. The van der Waals surface area contributed by atoms with E-state index in [2.05, 4.69) is 20.9 Å². The Kier molecular flexibility index (Phi) is 5.91. The van der Waals surface area contributed by atoms with E-state index in [1.54, 1.807) is 6.92 Å². The topological polar surface area (TPSA) is 65.5 Å². The molecule has 1 aliphatic carbocycles. The van der Waals surface area contributed by atoms with Gasteiger partial charge in [0.2, 0.25) is 5.91 Å². The van der Waals surface area contributed by atoms with Crippen molar-refractivity contribution >= 4 is 11.9 Å². The third kappa shape index (κ3) is 8.28. The Balaban J connectivity index is 2.30. The molecule has 0 aliphatic heterocycles. The first-order chi connectivity index (χ1) is 8.90. The monoisotopic (exact) mass is 280 g/mol. The van der Waals surface area contributed by atoms with Gasteiger partial charge >= 0.3 is 6.18 Å². The average Bonchev–Trinajstić information content (AvgIpc) is 3.08. The van der Waals surface area contributed by atoms with Gasteiger partial charge in [-0.05, 0) is 19.8 Å². The molecule has 0 saturated heterocycles. The van der Waals surface area contributed by atoms with Crippen molar-refractivity contribution in [1.82, 2.24) is 16.0 Å². The highest BCUT2D eigenvalue weighted by Gasteiger charge is 2.26. The molecule has 1 amide bonds. The van der Waals surface area contributed by atoms with E-state index in [0.717, 1.165) is 12.8 Å². The van der Waals surface area contributed by atoms with Gasteiger partial charge < -0.3 is 16.0 Å². The quantitative estimate of drug-likeness (QED) is 0.497. The minimum atomic E-state index is -4.20. The molecule has 0 bridgehead atoms. The average molecular weight is 280 g/mol. The fourth-order valence-electron chi connectivity index (χ4n) is 1.32. The van der Waals surface area contributed by atoms with E-state index in [-0.39, 0.29) is 31.0 Å². The van der Waals surface area contributed by atoms with Crippen molar-refractivity contribution in [3.63, 3.8) is 0 Å². The molecule has 0 atom stereocenters. The van der Waals surface area contributed by atoms with Crippen LogP contribution in [0.3, 0.4) is 0 Å². The molecule has 1 fully saturated rings. The van der Waals surface area contributed by atoms with Crippen LogP contribution in [0.15, 0.2) is 4.99 Å². The summed E-state index contributed by atoms with van der Waals surface area (Å²) in [6.07, 6.45) is -3.17.